The average molecular weight is 262 g/mol. The molecule has 4 rings (SSSR count). The summed E-state index contributed by atoms with van der Waals surface area (Å²) in [6, 6.07) is 0. The molecule has 2 nitrogen and oxygen atoms in total. The lowest BCUT2D eigenvalue weighted by Gasteiger charge is -2.61. The lowest BCUT2D eigenvalue weighted by molar-refractivity contribution is -0.163. The third-order valence-corrected chi connectivity index (χ3v) is 6.21. The molecule has 4 bridgehead atoms. The van der Waals surface area contributed by atoms with Crippen molar-refractivity contribution in [3.05, 3.63) is 12.2 Å². The first-order valence-corrected chi connectivity index (χ1v) is 7.97. The van der Waals surface area contributed by atoms with E-state index in [0.29, 0.717) is 12.0 Å². The Hall–Kier alpha value is -0.790. The molecule has 0 atom stereocenters. The number of ether oxygens (including phenoxy) is 1. The van der Waals surface area contributed by atoms with Gasteiger partial charge in [0.15, 0.2) is 0 Å². The van der Waals surface area contributed by atoms with Gasteiger partial charge >= 0.3 is 5.97 Å². The van der Waals surface area contributed by atoms with Crippen molar-refractivity contribution < 1.29 is 9.53 Å². The Morgan fingerprint density at radius 1 is 1.16 bits per heavy atom. The number of allylic oxidation sites excluding steroid dienone is 1. The highest BCUT2D eigenvalue weighted by molar-refractivity contribution is 5.81. The molecule has 19 heavy (non-hydrogen) atoms. The van der Waals surface area contributed by atoms with Gasteiger partial charge in [-0.3, -0.25) is 0 Å². The van der Waals surface area contributed by atoms with Crippen LogP contribution in [0.1, 0.15) is 52.4 Å². The first-order valence-electron chi connectivity index (χ1n) is 7.97. The fourth-order valence-electron chi connectivity index (χ4n) is 5.43. The molecule has 0 radical (unpaired) electrons. The fraction of sp³-hybridized carbons (Fsp3) is 0.824. The van der Waals surface area contributed by atoms with E-state index in [4.69, 9.17) is 4.74 Å². The highest BCUT2D eigenvalue weighted by atomic mass is 16.5. The topological polar surface area (TPSA) is 26.3 Å². The van der Waals surface area contributed by atoms with Crippen LogP contribution in [-0.4, -0.2) is 12.6 Å². The summed E-state index contributed by atoms with van der Waals surface area (Å²) < 4.78 is 5.58. The monoisotopic (exact) mass is 262 g/mol. The lowest BCUT2D eigenvalue weighted by atomic mass is 9.45. The van der Waals surface area contributed by atoms with E-state index in [1.165, 1.54) is 38.5 Å². The summed E-state index contributed by atoms with van der Waals surface area (Å²) in [7, 11) is 0. The molecule has 4 aliphatic carbocycles. The van der Waals surface area contributed by atoms with Crippen LogP contribution in [0.4, 0.5) is 0 Å². The van der Waals surface area contributed by atoms with Gasteiger partial charge in [0.1, 0.15) is 0 Å². The van der Waals surface area contributed by atoms with E-state index < -0.39 is 0 Å². The third-order valence-electron chi connectivity index (χ3n) is 6.21. The number of carbonyl (C=O) groups is 1. The van der Waals surface area contributed by atoms with E-state index in [9.17, 15) is 4.79 Å². The van der Waals surface area contributed by atoms with E-state index in [2.05, 4.69) is 6.92 Å². The van der Waals surface area contributed by atoms with Gasteiger partial charge in [-0.05, 0) is 69.1 Å². The molecule has 2 heteroatoms. The van der Waals surface area contributed by atoms with Crippen molar-refractivity contribution in [1.29, 1.82) is 0 Å². The molecular formula is C17H26O2. The molecule has 0 aromatic rings. The zero-order valence-electron chi connectivity index (χ0n) is 12.2. The van der Waals surface area contributed by atoms with Crippen LogP contribution < -0.4 is 0 Å². The zero-order valence-corrected chi connectivity index (χ0v) is 12.2. The Morgan fingerprint density at radius 2 is 1.74 bits per heavy atom. The van der Waals surface area contributed by atoms with E-state index in [1.807, 2.05) is 6.92 Å². The second-order valence-corrected chi connectivity index (χ2v) is 7.00. The summed E-state index contributed by atoms with van der Waals surface area (Å²) in [6.07, 6.45) is 11.5. The minimum atomic E-state index is -0.163. The Labute approximate surface area is 116 Å². The summed E-state index contributed by atoms with van der Waals surface area (Å²) in [5.74, 6) is 3.42. The average Bonchev–Trinajstić information content (AvgIpc) is 2.38. The molecule has 0 saturated heterocycles. The van der Waals surface area contributed by atoms with Crippen molar-refractivity contribution in [2.24, 2.45) is 29.1 Å². The Kier molecular flexibility index (Phi) is 3.44. The molecular weight excluding hydrogens is 236 g/mol. The van der Waals surface area contributed by atoms with Gasteiger partial charge in [0.25, 0.3) is 0 Å². The second kappa shape index (κ2) is 4.96. The van der Waals surface area contributed by atoms with Gasteiger partial charge in [0, 0.05) is 11.5 Å². The summed E-state index contributed by atoms with van der Waals surface area (Å²) >= 11 is 0. The van der Waals surface area contributed by atoms with Crippen LogP contribution in [0.25, 0.3) is 0 Å². The second-order valence-electron chi connectivity index (χ2n) is 7.00. The standard InChI is InChI=1S/C17H26O2/c1-3-5-16(18)19-11-17(4-2)14-7-12-6-13(9-14)10-15(17)8-12/h3,5,12-15H,4,6-11H2,1-2H3. The van der Waals surface area contributed by atoms with Crippen LogP contribution in [-0.2, 0) is 9.53 Å². The molecule has 0 N–H and O–H groups in total. The molecule has 106 valence electrons. The van der Waals surface area contributed by atoms with Crippen molar-refractivity contribution in [3.63, 3.8) is 0 Å². The quantitative estimate of drug-likeness (QED) is 0.566. The minimum Gasteiger partial charge on any atom is -0.462 e. The first kappa shape index (κ1) is 13.2. The lowest BCUT2D eigenvalue weighted by Crippen LogP contribution is -2.54. The van der Waals surface area contributed by atoms with E-state index >= 15 is 0 Å². The summed E-state index contributed by atoms with van der Waals surface area (Å²) in [4.78, 5) is 11.6. The van der Waals surface area contributed by atoms with Crippen LogP contribution in [0.3, 0.4) is 0 Å². The molecule has 4 saturated carbocycles. The molecule has 0 aliphatic heterocycles. The van der Waals surface area contributed by atoms with E-state index in [-0.39, 0.29) is 5.97 Å². The summed E-state index contributed by atoms with van der Waals surface area (Å²) in [5.41, 5.74) is 0.296. The van der Waals surface area contributed by atoms with Crippen LogP contribution in [0.15, 0.2) is 12.2 Å². The molecule has 4 aliphatic rings. The van der Waals surface area contributed by atoms with E-state index in [1.54, 1.807) is 12.2 Å². The minimum absolute atomic E-state index is 0.163. The fourth-order valence-corrected chi connectivity index (χ4v) is 5.43. The summed E-state index contributed by atoms with van der Waals surface area (Å²) in [5, 5.41) is 0. The Bertz CT molecular complexity index is 355. The molecule has 0 spiro atoms. The van der Waals surface area contributed by atoms with Gasteiger partial charge in [-0.25, -0.2) is 4.79 Å². The molecule has 0 unspecified atom stereocenters. The maximum absolute atomic E-state index is 11.6. The van der Waals surface area contributed by atoms with Crippen LogP contribution in [0.5, 0.6) is 0 Å². The molecule has 0 heterocycles. The van der Waals surface area contributed by atoms with Crippen molar-refractivity contribution >= 4 is 5.97 Å². The number of esters is 1. The summed E-state index contributed by atoms with van der Waals surface area (Å²) in [6.45, 7) is 4.81. The number of rotatable bonds is 4. The highest BCUT2D eigenvalue weighted by Gasteiger charge is 2.56. The van der Waals surface area contributed by atoms with Crippen molar-refractivity contribution in [2.75, 3.05) is 6.61 Å². The van der Waals surface area contributed by atoms with Crippen molar-refractivity contribution in [2.45, 2.75) is 52.4 Å². The maximum Gasteiger partial charge on any atom is 0.330 e. The predicted molar refractivity (Wildman–Crippen MR) is 75.5 cm³/mol. The first-order chi connectivity index (χ1) is 9.18. The van der Waals surface area contributed by atoms with Crippen LogP contribution >= 0.6 is 0 Å². The SMILES string of the molecule is CC=CC(=O)OCC1(CC)C2CC3CC(C2)CC1C3. The van der Waals surface area contributed by atoms with E-state index in [0.717, 1.165) is 23.7 Å². The van der Waals surface area contributed by atoms with Crippen LogP contribution in [0.2, 0.25) is 0 Å². The van der Waals surface area contributed by atoms with Gasteiger partial charge in [-0.1, -0.05) is 13.0 Å². The van der Waals surface area contributed by atoms with Crippen molar-refractivity contribution in [1.82, 2.24) is 0 Å². The van der Waals surface area contributed by atoms with Gasteiger partial charge in [0.05, 0.1) is 6.61 Å². The normalized spacial score (nSPS) is 43.9. The zero-order chi connectivity index (χ0) is 13.5. The van der Waals surface area contributed by atoms with Gasteiger partial charge in [0.2, 0.25) is 0 Å². The number of hydrogen-bond donors (Lipinski definition) is 0. The number of carbonyl (C=O) groups excluding carboxylic acids is 1. The van der Waals surface area contributed by atoms with Gasteiger partial charge in [-0.15, -0.1) is 0 Å². The Morgan fingerprint density at radius 3 is 2.21 bits per heavy atom. The maximum atomic E-state index is 11.6. The number of hydrogen-bond acceptors (Lipinski definition) is 2. The van der Waals surface area contributed by atoms with Gasteiger partial charge in [-0.2, -0.15) is 0 Å². The smallest absolute Gasteiger partial charge is 0.330 e. The Balaban J connectivity index is 1.74. The predicted octanol–water partition coefficient (Wildman–Crippen LogP) is 3.96. The molecule has 0 aromatic heterocycles. The van der Waals surface area contributed by atoms with Crippen molar-refractivity contribution in [3.8, 4) is 0 Å². The third kappa shape index (κ3) is 2.13. The van der Waals surface area contributed by atoms with Crippen LogP contribution in [0, 0.1) is 29.1 Å². The molecule has 0 aromatic carbocycles. The molecule has 0 amide bonds. The van der Waals surface area contributed by atoms with Gasteiger partial charge < -0.3 is 4.74 Å². The molecule has 4 fully saturated rings. The largest absolute Gasteiger partial charge is 0.462 e. The highest BCUT2D eigenvalue weighted by Crippen LogP contribution is 2.63.